The van der Waals surface area contributed by atoms with Gasteiger partial charge in [0.25, 0.3) is 0 Å². The largest absolute Gasteiger partial charge is 0.507 e. The van der Waals surface area contributed by atoms with Crippen LogP contribution in [0.1, 0.15) is 22.3 Å². The molecule has 0 aliphatic carbocycles. The van der Waals surface area contributed by atoms with Crippen molar-refractivity contribution in [2.24, 2.45) is 5.73 Å². The fourth-order valence-corrected chi connectivity index (χ4v) is 1.34. The van der Waals surface area contributed by atoms with Crippen LogP contribution in [0.5, 0.6) is 11.5 Å². The van der Waals surface area contributed by atoms with Crippen molar-refractivity contribution in [3.63, 3.8) is 0 Å². The summed E-state index contributed by atoms with van der Waals surface area (Å²) in [5.41, 5.74) is 6.19. The lowest BCUT2D eigenvalue weighted by Crippen LogP contribution is -2.08. The van der Waals surface area contributed by atoms with Crippen molar-refractivity contribution in [2.75, 3.05) is 13.7 Å². The number of carbonyl (C=O) groups excluding carboxylic acids is 1. The highest BCUT2D eigenvalue weighted by Crippen LogP contribution is 2.28. The zero-order valence-corrected chi connectivity index (χ0v) is 8.91. The molecule has 4 heteroatoms. The molecule has 0 aromatic heterocycles. The van der Waals surface area contributed by atoms with Gasteiger partial charge in [0.2, 0.25) is 0 Å². The third-order valence-electron chi connectivity index (χ3n) is 2.18. The summed E-state index contributed by atoms with van der Waals surface area (Å²) >= 11 is 0. The zero-order valence-electron chi connectivity index (χ0n) is 8.91. The molecule has 0 fully saturated rings. The second-order valence-corrected chi connectivity index (χ2v) is 3.30. The van der Waals surface area contributed by atoms with Gasteiger partial charge in [-0.05, 0) is 31.2 Å². The van der Waals surface area contributed by atoms with E-state index in [1.54, 1.807) is 13.0 Å². The Balaban J connectivity index is 3.15. The van der Waals surface area contributed by atoms with Crippen molar-refractivity contribution in [1.82, 2.24) is 0 Å². The second kappa shape index (κ2) is 4.79. The summed E-state index contributed by atoms with van der Waals surface area (Å²) in [6.45, 7) is 1.99. The van der Waals surface area contributed by atoms with Gasteiger partial charge in [0.1, 0.15) is 11.5 Å². The van der Waals surface area contributed by atoms with E-state index in [1.165, 1.54) is 13.2 Å². The van der Waals surface area contributed by atoms with E-state index in [9.17, 15) is 9.90 Å². The number of methoxy groups -OCH3 is 1. The van der Waals surface area contributed by atoms with Gasteiger partial charge >= 0.3 is 0 Å². The summed E-state index contributed by atoms with van der Waals surface area (Å²) in [6.07, 6.45) is 0.222. The first-order valence-corrected chi connectivity index (χ1v) is 4.71. The first kappa shape index (κ1) is 11.5. The molecule has 1 rings (SSSR count). The lowest BCUT2D eigenvalue weighted by molar-refractivity contribution is 0.0982. The summed E-state index contributed by atoms with van der Waals surface area (Å²) in [7, 11) is 1.52. The zero-order chi connectivity index (χ0) is 11.4. The molecule has 4 nitrogen and oxygen atoms in total. The van der Waals surface area contributed by atoms with E-state index in [1.807, 2.05) is 0 Å². The van der Waals surface area contributed by atoms with Crippen molar-refractivity contribution in [1.29, 1.82) is 0 Å². The van der Waals surface area contributed by atoms with Crippen LogP contribution in [-0.2, 0) is 0 Å². The molecule has 0 heterocycles. The Morgan fingerprint density at radius 1 is 1.53 bits per heavy atom. The summed E-state index contributed by atoms with van der Waals surface area (Å²) in [6, 6.07) is 3.20. The topological polar surface area (TPSA) is 72.5 Å². The highest BCUT2D eigenvalue weighted by Gasteiger charge is 2.14. The Morgan fingerprint density at radius 2 is 2.20 bits per heavy atom. The standard InChI is InChI=1S/C11H15NO3/c1-7-5-8(15-2)6-9(11(7)14)10(13)3-4-12/h5-6,14H,3-4,12H2,1-2H3. The Bertz CT molecular complexity index is 374. The van der Waals surface area contributed by atoms with Crippen molar-refractivity contribution >= 4 is 5.78 Å². The van der Waals surface area contributed by atoms with Gasteiger partial charge in [-0.2, -0.15) is 0 Å². The van der Waals surface area contributed by atoms with Gasteiger partial charge in [0.15, 0.2) is 5.78 Å². The van der Waals surface area contributed by atoms with Crippen molar-refractivity contribution in [2.45, 2.75) is 13.3 Å². The minimum absolute atomic E-state index is 0.00856. The number of rotatable bonds is 4. The third-order valence-corrected chi connectivity index (χ3v) is 2.18. The molecule has 0 bridgehead atoms. The number of phenols is 1. The molecule has 0 spiro atoms. The molecule has 0 unspecified atom stereocenters. The second-order valence-electron chi connectivity index (χ2n) is 3.30. The van der Waals surface area contributed by atoms with Gasteiger partial charge in [-0.1, -0.05) is 0 Å². The van der Waals surface area contributed by atoms with Gasteiger partial charge in [0.05, 0.1) is 12.7 Å². The number of benzene rings is 1. The average Bonchev–Trinajstić information content (AvgIpc) is 2.22. The molecule has 15 heavy (non-hydrogen) atoms. The van der Waals surface area contributed by atoms with E-state index in [4.69, 9.17) is 10.5 Å². The third kappa shape index (κ3) is 2.47. The summed E-state index contributed by atoms with van der Waals surface area (Å²) in [4.78, 5) is 11.6. The first-order valence-electron chi connectivity index (χ1n) is 4.71. The number of aryl methyl sites for hydroxylation is 1. The first-order chi connectivity index (χ1) is 7.10. The lowest BCUT2D eigenvalue weighted by atomic mass is 10.0. The van der Waals surface area contributed by atoms with E-state index in [0.717, 1.165) is 0 Å². The van der Waals surface area contributed by atoms with Crippen LogP contribution in [0.25, 0.3) is 0 Å². The maximum atomic E-state index is 11.6. The molecule has 1 aromatic carbocycles. The van der Waals surface area contributed by atoms with Crippen LogP contribution >= 0.6 is 0 Å². The molecule has 0 aliphatic heterocycles. The monoisotopic (exact) mass is 209 g/mol. The molecule has 0 saturated carbocycles. The number of Topliss-reactive ketones (excluding diaryl/α,β-unsaturated/α-hetero) is 1. The molecular formula is C11H15NO3. The van der Waals surface area contributed by atoms with Crippen LogP contribution in [0.2, 0.25) is 0 Å². The highest BCUT2D eigenvalue weighted by molar-refractivity contribution is 5.99. The maximum absolute atomic E-state index is 11.6. The summed E-state index contributed by atoms with van der Waals surface area (Å²) < 4.78 is 5.02. The van der Waals surface area contributed by atoms with E-state index in [0.29, 0.717) is 11.3 Å². The lowest BCUT2D eigenvalue weighted by Gasteiger charge is -2.08. The molecule has 82 valence electrons. The highest BCUT2D eigenvalue weighted by atomic mass is 16.5. The number of hydrogen-bond donors (Lipinski definition) is 2. The molecule has 0 aliphatic rings. The van der Waals surface area contributed by atoms with Crippen molar-refractivity contribution < 1.29 is 14.6 Å². The minimum atomic E-state index is -0.169. The number of ketones is 1. The number of carbonyl (C=O) groups is 1. The smallest absolute Gasteiger partial charge is 0.167 e. The normalized spacial score (nSPS) is 10.1. The molecule has 0 radical (unpaired) electrons. The van der Waals surface area contributed by atoms with E-state index in [-0.39, 0.29) is 30.1 Å². The average molecular weight is 209 g/mol. The van der Waals surface area contributed by atoms with Crippen LogP contribution in [-0.4, -0.2) is 24.5 Å². The van der Waals surface area contributed by atoms with Gasteiger partial charge < -0.3 is 15.6 Å². The van der Waals surface area contributed by atoms with Crippen LogP contribution in [0.15, 0.2) is 12.1 Å². The van der Waals surface area contributed by atoms with Gasteiger partial charge in [0, 0.05) is 6.42 Å². The Hall–Kier alpha value is -1.55. The van der Waals surface area contributed by atoms with Crippen LogP contribution < -0.4 is 10.5 Å². The van der Waals surface area contributed by atoms with Crippen molar-refractivity contribution in [3.8, 4) is 11.5 Å². The SMILES string of the molecule is COc1cc(C)c(O)c(C(=O)CCN)c1. The van der Waals surface area contributed by atoms with Crippen LogP contribution in [0.3, 0.4) is 0 Å². The predicted molar refractivity (Wildman–Crippen MR) is 57.4 cm³/mol. The van der Waals surface area contributed by atoms with Crippen LogP contribution in [0.4, 0.5) is 0 Å². The number of phenolic OH excluding ortho intramolecular Hbond substituents is 1. The Kier molecular flexibility index (Phi) is 3.68. The maximum Gasteiger partial charge on any atom is 0.167 e. The molecule has 1 aromatic rings. The molecule has 3 N–H and O–H groups in total. The molecule has 0 amide bonds. The van der Waals surface area contributed by atoms with Gasteiger partial charge in [-0.15, -0.1) is 0 Å². The van der Waals surface area contributed by atoms with E-state index >= 15 is 0 Å². The van der Waals surface area contributed by atoms with Crippen LogP contribution in [0, 0.1) is 6.92 Å². The molecular weight excluding hydrogens is 194 g/mol. The van der Waals surface area contributed by atoms with E-state index in [2.05, 4.69) is 0 Å². The molecule has 0 saturated heterocycles. The predicted octanol–water partition coefficient (Wildman–Crippen LogP) is 1.24. The summed E-state index contributed by atoms with van der Waals surface area (Å²) in [5.74, 6) is 0.400. The Morgan fingerprint density at radius 3 is 2.73 bits per heavy atom. The number of aromatic hydroxyl groups is 1. The Labute approximate surface area is 88.7 Å². The molecule has 0 atom stereocenters. The summed E-state index contributed by atoms with van der Waals surface area (Å²) in [5, 5.41) is 9.70. The van der Waals surface area contributed by atoms with Gasteiger partial charge in [-0.3, -0.25) is 4.79 Å². The number of nitrogens with two attached hydrogens (primary N) is 1. The minimum Gasteiger partial charge on any atom is -0.507 e. The van der Waals surface area contributed by atoms with E-state index < -0.39 is 0 Å². The van der Waals surface area contributed by atoms with Crippen molar-refractivity contribution in [3.05, 3.63) is 23.3 Å². The number of ether oxygens (including phenoxy) is 1. The quantitative estimate of drug-likeness (QED) is 0.732. The van der Waals surface area contributed by atoms with Gasteiger partial charge in [-0.25, -0.2) is 0 Å². The number of hydrogen-bond acceptors (Lipinski definition) is 4. The fourth-order valence-electron chi connectivity index (χ4n) is 1.34. The fraction of sp³-hybridized carbons (Fsp3) is 0.364.